The maximum absolute atomic E-state index is 12.8. The summed E-state index contributed by atoms with van der Waals surface area (Å²) in [6.07, 6.45) is 10.0. The number of hydrogen-bond donors (Lipinski definition) is 1. The van der Waals surface area contributed by atoms with Crippen LogP contribution in [0.3, 0.4) is 0 Å². The smallest absolute Gasteiger partial charge is 0.255 e. The van der Waals surface area contributed by atoms with Crippen LogP contribution in [0.15, 0.2) is 49.1 Å². The number of pyridine rings is 1. The van der Waals surface area contributed by atoms with Crippen LogP contribution >= 0.6 is 0 Å². The average Bonchev–Trinajstić information content (AvgIpc) is 3.35. The Labute approximate surface area is 145 Å². The number of nitrogens with one attached hydrogen (secondary N) is 1. The number of carbonyl (C=O) groups excluding carboxylic acids is 1. The normalized spacial score (nSPS) is 17.6. The summed E-state index contributed by atoms with van der Waals surface area (Å²) in [6.45, 7) is 1.58. The van der Waals surface area contributed by atoms with Gasteiger partial charge in [0.05, 0.1) is 5.56 Å². The van der Waals surface area contributed by atoms with E-state index in [0.717, 1.165) is 38.0 Å². The molecule has 25 heavy (non-hydrogen) atoms. The van der Waals surface area contributed by atoms with Gasteiger partial charge in [-0.2, -0.15) is 10.2 Å². The summed E-state index contributed by atoms with van der Waals surface area (Å²) in [7, 11) is 0. The average molecular weight is 336 g/mol. The first-order valence-electron chi connectivity index (χ1n) is 8.53. The van der Waals surface area contributed by atoms with E-state index in [9.17, 15) is 4.79 Å². The van der Waals surface area contributed by atoms with Gasteiger partial charge in [0.25, 0.3) is 5.91 Å². The molecule has 1 unspecified atom stereocenters. The van der Waals surface area contributed by atoms with Crippen molar-refractivity contribution in [3.8, 4) is 5.82 Å². The molecule has 1 amide bonds. The molecule has 1 fully saturated rings. The van der Waals surface area contributed by atoms with Gasteiger partial charge in [0, 0.05) is 43.6 Å². The van der Waals surface area contributed by atoms with Crippen molar-refractivity contribution in [2.24, 2.45) is 5.92 Å². The van der Waals surface area contributed by atoms with Crippen molar-refractivity contribution >= 4 is 5.91 Å². The van der Waals surface area contributed by atoms with E-state index in [4.69, 9.17) is 0 Å². The fourth-order valence-electron chi connectivity index (χ4n) is 3.36. The number of hydrogen-bond acceptors (Lipinski definition) is 4. The zero-order valence-electron chi connectivity index (χ0n) is 13.9. The molecule has 7 nitrogen and oxygen atoms in total. The summed E-state index contributed by atoms with van der Waals surface area (Å²) in [5.41, 5.74) is 1.75. The molecule has 1 aliphatic heterocycles. The van der Waals surface area contributed by atoms with Gasteiger partial charge in [0.2, 0.25) is 0 Å². The minimum atomic E-state index is 0.0498. The molecule has 3 aromatic heterocycles. The predicted octanol–water partition coefficient (Wildman–Crippen LogP) is 2.09. The van der Waals surface area contributed by atoms with E-state index in [2.05, 4.69) is 20.3 Å². The highest BCUT2D eigenvalue weighted by Crippen LogP contribution is 2.21. The molecule has 1 atom stereocenters. The summed E-state index contributed by atoms with van der Waals surface area (Å²) < 4.78 is 1.68. The summed E-state index contributed by atoms with van der Waals surface area (Å²) in [6, 6.07) is 7.49. The largest absolute Gasteiger partial charge is 0.338 e. The van der Waals surface area contributed by atoms with Gasteiger partial charge < -0.3 is 4.90 Å². The minimum Gasteiger partial charge on any atom is -0.338 e. The monoisotopic (exact) mass is 336 g/mol. The first kappa shape index (κ1) is 15.6. The lowest BCUT2D eigenvalue weighted by molar-refractivity contribution is 0.0672. The summed E-state index contributed by atoms with van der Waals surface area (Å²) >= 11 is 0. The van der Waals surface area contributed by atoms with Crippen LogP contribution in [0.5, 0.6) is 0 Å². The molecule has 1 N–H and O–H groups in total. The van der Waals surface area contributed by atoms with Crippen LogP contribution in [0.2, 0.25) is 0 Å². The lowest BCUT2D eigenvalue weighted by Crippen LogP contribution is -2.40. The molecule has 1 aliphatic rings. The van der Waals surface area contributed by atoms with Crippen molar-refractivity contribution in [2.75, 3.05) is 13.1 Å². The van der Waals surface area contributed by atoms with Crippen LogP contribution in [-0.4, -0.2) is 48.9 Å². The third-order valence-electron chi connectivity index (χ3n) is 4.61. The van der Waals surface area contributed by atoms with E-state index in [-0.39, 0.29) is 5.91 Å². The zero-order valence-corrected chi connectivity index (χ0v) is 13.9. The molecule has 3 aromatic rings. The molecular formula is C18H20N6O. The van der Waals surface area contributed by atoms with E-state index < -0.39 is 0 Å². The highest BCUT2D eigenvalue weighted by molar-refractivity contribution is 5.94. The van der Waals surface area contributed by atoms with Crippen LogP contribution in [0.25, 0.3) is 5.82 Å². The Hall–Kier alpha value is -2.96. The molecule has 128 valence electrons. The number of nitrogens with zero attached hydrogens (tertiary/aromatic N) is 5. The third kappa shape index (κ3) is 3.45. The fourth-order valence-corrected chi connectivity index (χ4v) is 3.36. The number of H-pyrrole nitrogens is 1. The van der Waals surface area contributed by atoms with Gasteiger partial charge in [-0.3, -0.25) is 9.89 Å². The van der Waals surface area contributed by atoms with Crippen molar-refractivity contribution in [2.45, 2.75) is 19.3 Å². The predicted molar refractivity (Wildman–Crippen MR) is 92.3 cm³/mol. The maximum atomic E-state index is 12.8. The topological polar surface area (TPSA) is 79.7 Å². The molecule has 0 spiro atoms. The molecule has 1 saturated heterocycles. The zero-order chi connectivity index (χ0) is 17.1. The molecular weight excluding hydrogens is 316 g/mol. The van der Waals surface area contributed by atoms with Gasteiger partial charge in [-0.05, 0) is 49.4 Å². The summed E-state index contributed by atoms with van der Waals surface area (Å²) in [5.74, 6) is 1.22. The van der Waals surface area contributed by atoms with Crippen LogP contribution in [0.1, 0.15) is 28.9 Å². The summed E-state index contributed by atoms with van der Waals surface area (Å²) in [4.78, 5) is 19.1. The Balaban J connectivity index is 1.43. The maximum Gasteiger partial charge on any atom is 0.255 e. The molecule has 4 rings (SSSR count). The molecule has 0 aliphatic carbocycles. The van der Waals surface area contributed by atoms with Crippen molar-refractivity contribution < 1.29 is 4.79 Å². The van der Waals surface area contributed by atoms with Gasteiger partial charge >= 0.3 is 0 Å². The van der Waals surface area contributed by atoms with Crippen LogP contribution in [0.4, 0.5) is 0 Å². The number of aromatic nitrogens is 5. The van der Waals surface area contributed by atoms with E-state index in [1.165, 1.54) is 0 Å². The van der Waals surface area contributed by atoms with E-state index >= 15 is 0 Å². The van der Waals surface area contributed by atoms with Gasteiger partial charge in [-0.15, -0.1) is 0 Å². The number of likely N-dealkylation sites (tertiary alicyclic amines) is 1. The number of carbonyl (C=O) groups is 1. The Morgan fingerprint density at radius 3 is 2.96 bits per heavy atom. The van der Waals surface area contributed by atoms with Gasteiger partial charge in [0.1, 0.15) is 0 Å². The Morgan fingerprint density at radius 1 is 1.28 bits per heavy atom. The SMILES string of the molecule is O=C(c1ccc(-n2cccn2)nc1)N1CCCC(Cc2ccn[nH]2)C1. The van der Waals surface area contributed by atoms with Gasteiger partial charge in [-0.25, -0.2) is 9.67 Å². The first-order valence-corrected chi connectivity index (χ1v) is 8.53. The second-order valence-corrected chi connectivity index (χ2v) is 6.40. The van der Waals surface area contributed by atoms with Gasteiger partial charge in [0.15, 0.2) is 5.82 Å². The summed E-state index contributed by atoms with van der Waals surface area (Å²) in [5, 5.41) is 11.2. The second kappa shape index (κ2) is 6.88. The van der Waals surface area contributed by atoms with Crippen LogP contribution in [0, 0.1) is 5.92 Å². The van der Waals surface area contributed by atoms with Crippen molar-refractivity contribution in [1.82, 2.24) is 29.9 Å². The molecule has 0 aromatic carbocycles. The van der Waals surface area contributed by atoms with Gasteiger partial charge in [-0.1, -0.05) is 0 Å². The lowest BCUT2D eigenvalue weighted by Gasteiger charge is -2.32. The van der Waals surface area contributed by atoms with Crippen LogP contribution in [-0.2, 0) is 6.42 Å². The number of rotatable bonds is 4. The van der Waals surface area contributed by atoms with E-state index in [0.29, 0.717) is 17.3 Å². The van der Waals surface area contributed by atoms with Crippen molar-refractivity contribution in [3.05, 3.63) is 60.3 Å². The number of amides is 1. The van der Waals surface area contributed by atoms with Crippen LogP contribution < -0.4 is 0 Å². The Kier molecular flexibility index (Phi) is 4.28. The van der Waals surface area contributed by atoms with E-state index in [1.54, 1.807) is 23.3 Å². The first-order chi connectivity index (χ1) is 12.3. The molecule has 7 heteroatoms. The molecule has 0 bridgehead atoms. The number of aromatic amines is 1. The molecule has 0 radical (unpaired) electrons. The lowest BCUT2D eigenvalue weighted by atomic mass is 9.93. The highest BCUT2D eigenvalue weighted by atomic mass is 16.2. The highest BCUT2D eigenvalue weighted by Gasteiger charge is 2.25. The second-order valence-electron chi connectivity index (χ2n) is 6.40. The minimum absolute atomic E-state index is 0.0498. The van der Waals surface area contributed by atoms with E-state index in [1.807, 2.05) is 35.4 Å². The molecule has 0 saturated carbocycles. The van der Waals surface area contributed by atoms with Crippen molar-refractivity contribution in [1.29, 1.82) is 0 Å². The standard InChI is InChI=1S/C18H20N6O/c25-18(15-4-5-17(19-12-15)24-10-2-7-21-24)23-9-1-3-14(13-23)11-16-6-8-20-22-16/h2,4-8,10,12,14H,1,3,9,11,13H2,(H,20,22). The molecule has 4 heterocycles. The number of piperidine rings is 1. The quantitative estimate of drug-likeness (QED) is 0.791. The third-order valence-corrected chi connectivity index (χ3v) is 4.61. The van der Waals surface area contributed by atoms with Crippen molar-refractivity contribution in [3.63, 3.8) is 0 Å². The Morgan fingerprint density at radius 2 is 2.24 bits per heavy atom. The Bertz CT molecular complexity index is 810. The fraction of sp³-hybridized carbons (Fsp3) is 0.333.